The minimum absolute atomic E-state index is 0.00859. The Morgan fingerprint density at radius 3 is 2.37 bits per heavy atom. The van der Waals surface area contributed by atoms with Gasteiger partial charge in [-0.05, 0) is 59.2 Å². The molecule has 2 amide bonds. The van der Waals surface area contributed by atoms with E-state index in [-0.39, 0.29) is 43.8 Å². The molecule has 0 aliphatic heterocycles. The number of carbonyl (C=O) groups excluding carboxylic acids is 2. The summed E-state index contributed by atoms with van der Waals surface area (Å²) in [4.78, 5) is 28.9. The van der Waals surface area contributed by atoms with Gasteiger partial charge in [0.25, 0.3) is 0 Å². The van der Waals surface area contributed by atoms with Crippen LogP contribution >= 0.6 is 22.6 Å². The van der Waals surface area contributed by atoms with Gasteiger partial charge in [-0.15, -0.1) is 0 Å². The fourth-order valence-corrected chi connectivity index (χ4v) is 6.01. The molecule has 0 spiro atoms. The van der Waals surface area contributed by atoms with Gasteiger partial charge >= 0.3 is 0 Å². The van der Waals surface area contributed by atoms with Crippen LogP contribution in [-0.2, 0) is 16.0 Å². The summed E-state index contributed by atoms with van der Waals surface area (Å²) < 4.78 is 7.16. The van der Waals surface area contributed by atoms with Crippen molar-refractivity contribution >= 4 is 34.4 Å². The van der Waals surface area contributed by atoms with Crippen LogP contribution in [0, 0.1) is 3.57 Å². The number of hydrogen-bond acceptors (Lipinski definition) is 5. The first-order chi connectivity index (χ1) is 18.5. The molecule has 3 atom stereocenters. The van der Waals surface area contributed by atoms with E-state index in [4.69, 9.17) is 4.74 Å². The molecule has 7 nitrogen and oxygen atoms in total. The Bertz CT molecular complexity index is 1100. The molecule has 2 aromatic carbocycles. The Balaban J connectivity index is 1.68. The summed E-state index contributed by atoms with van der Waals surface area (Å²) in [7, 11) is 0. The number of halogens is 1. The molecule has 0 heterocycles. The average molecular weight is 633 g/mol. The smallest absolute Gasteiger partial charge is 0.247 e. The van der Waals surface area contributed by atoms with Gasteiger partial charge in [-0.25, -0.2) is 0 Å². The highest BCUT2D eigenvalue weighted by atomic mass is 127. The topological polar surface area (TPSA) is 99.1 Å². The predicted octanol–water partition coefficient (Wildman–Crippen LogP) is 4.00. The molecule has 204 valence electrons. The van der Waals surface area contributed by atoms with E-state index in [0.29, 0.717) is 11.3 Å². The van der Waals surface area contributed by atoms with Crippen LogP contribution in [0.4, 0.5) is 0 Å². The van der Waals surface area contributed by atoms with Crippen molar-refractivity contribution in [1.29, 1.82) is 0 Å². The van der Waals surface area contributed by atoms with Crippen LogP contribution in [-0.4, -0.2) is 64.4 Å². The molecule has 3 N–H and O–H groups in total. The second kappa shape index (κ2) is 14.1. The third kappa shape index (κ3) is 7.36. The van der Waals surface area contributed by atoms with Gasteiger partial charge in [-0.2, -0.15) is 0 Å². The van der Waals surface area contributed by atoms with Crippen LogP contribution < -0.4 is 10.1 Å². The maximum Gasteiger partial charge on any atom is 0.247 e. The average Bonchev–Trinajstić information content (AvgIpc) is 3.20. The Kier molecular flexibility index (Phi) is 10.6. The van der Waals surface area contributed by atoms with Crippen LogP contribution in [0.5, 0.6) is 5.75 Å². The van der Waals surface area contributed by atoms with Crippen molar-refractivity contribution in [3.63, 3.8) is 0 Å². The lowest BCUT2D eigenvalue weighted by molar-refractivity contribution is -0.142. The van der Waals surface area contributed by atoms with Crippen molar-refractivity contribution in [2.75, 3.05) is 13.2 Å². The third-order valence-electron chi connectivity index (χ3n) is 7.38. The number of aliphatic hydroxyl groups excluding tert-OH is 2. The molecule has 2 aliphatic rings. The highest BCUT2D eigenvalue weighted by Crippen LogP contribution is 2.33. The van der Waals surface area contributed by atoms with E-state index in [0.717, 1.165) is 47.7 Å². The van der Waals surface area contributed by atoms with E-state index in [2.05, 4.69) is 27.9 Å². The number of carbonyl (C=O) groups is 2. The van der Waals surface area contributed by atoms with E-state index in [1.165, 1.54) is 0 Å². The lowest BCUT2D eigenvalue weighted by Crippen LogP contribution is -2.58. The third-order valence-corrected chi connectivity index (χ3v) is 8.27. The summed E-state index contributed by atoms with van der Waals surface area (Å²) >= 11 is 2.18. The van der Waals surface area contributed by atoms with Gasteiger partial charge in [0.05, 0.1) is 22.6 Å². The van der Waals surface area contributed by atoms with E-state index in [9.17, 15) is 19.8 Å². The highest BCUT2D eigenvalue weighted by Gasteiger charge is 2.43. The molecule has 2 aromatic rings. The molecular formula is C30H37IN2O5. The van der Waals surface area contributed by atoms with E-state index >= 15 is 0 Å². The first-order valence-corrected chi connectivity index (χ1v) is 14.6. The molecule has 38 heavy (non-hydrogen) atoms. The van der Waals surface area contributed by atoms with Gasteiger partial charge in [0, 0.05) is 24.6 Å². The zero-order valence-electron chi connectivity index (χ0n) is 21.6. The lowest BCUT2D eigenvalue weighted by atomic mass is 9.86. The summed E-state index contributed by atoms with van der Waals surface area (Å²) in [5.41, 5.74) is 1.38. The van der Waals surface area contributed by atoms with Crippen molar-refractivity contribution < 1.29 is 24.5 Å². The van der Waals surface area contributed by atoms with Gasteiger partial charge in [0.2, 0.25) is 11.8 Å². The minimum atomic E-state index is -1.01. The molecule has 8 heteroatoms. The Hall–Kier alpha value is -2.43. The number of amides is 2. The number of rotatable bonds is 9. The molecule has 3 unspecified atom stereocenters. The first-order valence-electron chi connectivity index (χ1n) is 13.5. The van der Waals surface area contributed by atoms with Crippen molar-refractivity contribution in [3.05, 3.63) is 75.4 Å². The quantitative estimate of drug-likeness (QED) is 0.287. The number of para-hydroxylation sites is 1. The Labute approximate surface area is 238 Å². The van der Waals surface area contributed by atoms with Gasteiger partial charge in [-0.3, -0.25) is 9.59 Å². The molecule has 1 fully saturated rings. The largest absolute Gasteiger partial charge is 0.482 e. The zero-order valence-corrected chi connectivity index (χ0v) is 23.8. The number of hydrogen-bond donors (Lipinski definition) is 3. The van der Waals surface area contributed by atoms with Gasteiger partial charge in [0.1, 0.15) is 18.0 Å². The molecule has 2 aliphatic carbocycles. The Morgan fingerprint density at radius 2 is 1.68 bits per heavy atom. The lowest BCUT2D eigenvalue weighted by Gasteiger charge is -2.44. The predicted molar refractivity (Wildman–Crippen MR) is 155 cm³/mol. The van der Waals surface area contributed by atoms with E-state index in [1.807, 2.05) is 59.5 Å². The fraction of sp³-hybridized carbons (Fsp3) is 0.467. The van der Waals surface area contributed by atoms with Crippen LogP contribution in [0.15, 0.2) is 66.2 Å². The van der Waals surface area contributed by atoms with Crippen LogP contribution in [0.3, 0.4) is 0 Å². The molecule has 0 bridgehead atoms. The van der Waals surface area contributed by atoms with Gasteiger partial charge < -0.3 is 25.2 Å². The van der Waals surface area contributed by atoms with Crippen molar-refractivity contribution in [1.82, 2.24) is 10.2 Å². The highest BCUT2D eigenvalue weighted by molar-refractivity contribution is 14.1. The summed E-state index contributed by atoms with van der Waals surface area (Å²) in [5, 5.41) is 23.7. The Morgan fingerprint density at radius 1 is 1.00 bits per heavy atom. The number of aliphatic hydroxyl groups is 2. The molecule has 0 radical (unpaired) electrons. The van der Waals surface area contributed by atoms with Gasteiger partial charge in [0.15, 0.2) is 0 Å². The number of benzene rings is 2. The summed E-state index contributed by atoms with van der Waals surface area (Å²) in [6.45, 7) is -0.0399. The first kappa shape index (κ1) is 28.6. The molecule has 1 saturated carbocycles. The number of ether oxygens (including phenoxy) is 1. The number of nitrogens with one attached hydrogen (secondary N) is 1. The maximum absolute atomic E-state index is 14.0. The van der Waals surface area contributed by atoms with Crippen LogP contribution in [0.2, 0.25) is 0 Å². The van der Waals surface area contributed by atoms with Crippen LogP contribution in [0.1, 0.15) is 50.5 Å². The normalized spacial score (nSPS) is 22.2. The van der Waals surface area contributed by atoms with Crippen molar-refractivity contribution in [2.24, 2.45) is 0 Å². The summed E-state index contributed by atoms with van der Waals surface area (Å²) in [6, 6.07) is 16.6. The number of nitrogens with zero attached hydrogens (tertiary/aromatic N) is 1. The second-order valence-electron chi connectivity index (χ2n) is 10.1. The zero-order chi connectivity index (χ0) is 26.9. The summed E-state index contributed by atoms with van der Waals surface area (Å²) in [6.07, 6.45) is 6.40. The monoisotopic (exact) mass is 632 g/mol. The van der Waals surface area contributed by atoms with Gasteiger partial charge in [-0.1, -0.05) is 68.1 Å². The van der Waals surface area contributed by atoms with E-state index in [1.54, 1.807) is 6.08 Å². The molecular weight excluding hydrogens is 595 g/mol. The minimum Gasteiger partial charge on any atom is -0.482 e. The SMILES string of the molecule is O=C(NCCO)C1=CC(Oc2ccccc2I)C(O)C(N(C(=O)Cc2ccccc2)C2CCCCCC2)C1. The van der Waals surface area contributed by atoms with Crippen LogP contribution in [0.25, 0.3) is 0 Å². The molecule has 0 aromatic heterocycles. The molecule has 0 saturated heterocycles. The summed E-state index contributed by atoms with van der Waals surface area (Å²) in [5.74, 6) is 0.252. The van der Waals surface area contributed by atoms with E-state index < -0.39 is 18.2 Å². The maximum atomic E-state index is 14.0. The standard InChI is InChI=1S/C30H37IN2O5/c31-24-14-8-9-15-26(24)38-27-20-22(30(37)32-16-17-34)19-25(29(27)36)33(23-12-6-1-2-7-13-23)28(35)18-21-10-4-3-5-11-21/h3-5,8-11,14-15,20,23,25,27,29,34,36H,1-2,6-7,12-13,16-19H2,(H,32,37). The second-order valence-corrected chi connectivity index (χ2v) is 11.2. The van der Waals surface area contributed by atoms with Crippen molar-refractivity contribution in [3.8, 4) is 5.75 Å². The molecule has 4 rings (SSSR count). The van der Waals surface area contributed by atoms with Crippen molar-refractivity contribution in [2.45, 2.75) is 75.7 Å². The fourth-order valence-electron chi connectivity index (χ4n) is 5.49.